The maximum atomic E-state index is 12.6. The zero-order valence-electron chi connectivity index (χ0n) is 14.1. The molecule has 0 aliphatic carbocycles. The molecule has 3 aromatic rings. The van der Waals surface area contributed by atoms with Crippen LogP contribution in [0.1, 0.15) is 21.9 Å². The fraction of sp³-hybridized carbons (Fsp3) is 0.333. The van der Waals surface area contributed by atoms with E-state index in [1.54, 1.807) is 6.33 Å². The van der Waals surface area contributed by atoms with Gasteiger partial charge in [-0.2, -0.15) is 0 Å². The highest BCUT2D eigenvalue weighted by molar-refractivity contribution is 7.09. The minimum absolute atomic E-state index is 0.0266. The van der Waals surface area contributed by atoms with E-state index in [0.29, 0.717) is 12.2 Å². The number of benzene rings is 1. The van der Waals surface area contributed by atoms with Crippen molar-refractivity contribution >= 4 is 34.0 Å². The van der Waals surface area contributed by atoms with Crippen molar-refractivity contribution in [1.82, 2.24) is 19.9 Å². The summed E-state index contributed by atoms with van der Waals surface area (Å²) in [4.78, 5) is 30.0. The molecule has 1 aliphatic rings. The van der Waals surface area contributed by atoms with Gasteiger partial charge in [0.15, 0.2) is 0 Å². The van der Waals surface area contributed by atoms with Gasteiger partial charge in [-0.1, -0.05) is 12.1 Å². The van der Waals surface area contributed by atoms with E-state index in [1.807, 2.05) is 35.4 Å². The third kappa shape index (κ3) is 3.19. The molecule has 0 unspecified atom stereocenters. The summed E-state index contributed by atoms with van der Waals surface area (Å²) in [5.41, 5.74) is 1.51. The predicted molar refractivity (Wildman–Crippen MR) is 99.1 cm³/mol. The Hall–Kier alpha value is -2.54. The number of amides is 1. The number of carbonyl (C=O) groups excluding carboxylic acids is 1. The van der Waals surface area contributed by atoms with Gasteiger partial charge < -0.3 is 9.80 Å². The number of aryl methyl sites for hydroxylation is 1. The Morgan fingerprint density at radius 3 is 2.84 bits per heavy atom. The molecule has 2 aromatic heterocycles. The average Bonchev–Trinajstić information content (AvgIpc) is 2.93. The van der Waals surface area contributed by atoms with Crippen LogP contribution >= 0.6 is 11.3 Å². The van der Waals surface area contributed by atoms with Gasteiger partial charge in [0.2, 0.25) is 0 Å². The first-order chi connectivity index (χ1) is 12.2. The number of para-hydroxylation sites is 1. The predicted octanol–water partition coefficient (Wildman–Crippen LogP) is 2.75. The van der Waals surface area contributed by atoms with Crippen molar-refractivity contribution < 1.29 is 4.79 Å². The molecule has 7 heteroatoms. The number of thiazole rings is 1. The van der Waals surface area contributed by atoms with Gasteiger partial charge in [0.05, 0.1) is 10.5 Å². The molecule has 0 radical (unpaired) electrons. The molecule has 0 atom stereocenters. The van der Waals surface area contributed by atoms with Crippen LogP contribution in [-0.4, -0.2) is 51.9 Å². The van der Waals surface area contributed by atoms with E-state index < -0.39 is 0 Å². The SMILES string of the molecule is Cc1nc(C(=O)N2CCCN(c3ncnc4ccccc34)CC2)cs1. The second kappa shape index (κ2) is 6.76. The van der Waals surface area contributed by atoms with Gasteiger partial charge in [0.1, 0.15) is 17.8 Å². The molecule has 3 heterocycles. The Bertz CT molecular complexity index is 904. The first-order valence-corrected chi connectivity index (χ1v) is 9.26. The quantitative estimate of drug-likeness (QED) is 0.709. The molecule has 1 saturated heterocycles. The average molecular weight is 353 g/mol. The molecule has 0 saturated carbocycles. The van der Waals surface area contributed by atoms with Crippen LogP contribution in [0.15, 0.2) is 36.0 Å². The van der Waals surface area contributed by atoms with Crippen LogP contribution in [0, 0.1) is 6.92 Å². The van der Waals surface area contributed by atoms with Crippen LogP contribution in [0.4, 0.5) is 5.82 Å². The number of rotatable bonds is 2. The van der Waals surface area contributed by atoms with Gasteiger partial charge in [0, 0.05) is 36.9 Å². The molecule has 128 valence electrons. The third-order valence-electron chi connectivity index (χ3n) is 4.44. The summed E-state index contributed by atoms with van der Waals surface area (Å²) >= 11 is 1.51. The van der Waals surface area contributed by atoms with Gasteiger partial charge >= 0.3 is 0 Å². The van der Waals surface area contributed by atoms with E-state index in [4.69, 9.17) is 0 Å². The lowest BCUT2D eigenvalue weighted by molar-refractivity contribution is 0.0762. The van der Waals surface area contributed by atoms with Gasteiger partial charge in [-0.15, -0.1) is 11.3 Å². The van der Waals surface area contributed by atoms with E-state index in [9.17, 15) is 4.79 Å². The molecule has 1 aromatic carbocycles. The Balaban J connectivity index is 1.54. The highest BCUT2D eigenvalue weighted by Crippen LogP contribution is 2.24. The van der Waals surface area contributed by atoms with Crippen molar-refractivity contribution in [3.05, 3.63) is 46.7 Å². The zero-order valence-corrected chi connectivity index (χ0v) is 14.9. The summed E-state index contributed by atoms with van der Waals surface area (Å²) in [5.74, 6) is 0.975. The van der Waals surface area contributed by atoms with Gasteiger partial charge in [-0.05, 0) is 25.5 Å². The Morgan fingerprint density at radius 2 is 2.00 bits per heavy atom. The molecule has 1 amide bonds. The smallest absolute Gasteiger partial charge is 0.273 e. The number of carbonyl (C=O) groups is 1. The van der Waals surface area contributed by atoms with Crippen LogP contribution in [0.2, 0.25) is 0 Å². The van der Waals surface area contributed by atoms with Crippen molar-refractivity contribution in [1.29, 1.82) is 0 Å². The highest BCUT2D eigenvalue weighted by atomic mass is 32.1. The molecular weight excluding hydrogens is 334 g/mol. The monoisotopic (exact) mass is 353 g/mol. The topological polar surface area (TPSA) is 62.2 Å². The van der Waals surface area contributed by atoms with Crippen molar-refractivity contribution in [2.75, 3.05) is 31.1 Å². The number of hydrogen-bond acceptors (Lipinski definition) is 6. The fourth-order valence-corrected chi connectivity index (χ4v) is 3.79. The van der Waals surface area contributed by atoms with E-state index in [1.165, 1.54) is 11.3 Å². The molecule has 1 fully saturated rings. The standard InChI is InChI=1S/C18H19N5OS/c1-13-21-16(11-25-13)18(24)23-8-4-7-22(9-10-23)17-14-5-2-3-6-15(14)19-12-20-17/h2-3,5-6,11-12H,4,7-10H2,1H3. The van der Waals surface area contributed by atoms with E-state index in [0.717, 1.165) is 47.8 Å². The van der Waals surface area contributed by atoms with Crippen molar-refractivity contribution in [2.45, 2.75) is 13.3 Å². The number of fused-ring (bicyclic) bond motifs is 1. The number of aromatic nitrogens is 3. The largest absolute Gasteiger partial charge is 0.354 e. The highest BCUT2D eigenvalue weighted by Gasteiger charge is 2.23. The van der Waals surface area contributed by atoms with E-state index in [2.05, 4.69) is 25.9 Å². The lowest BCUT2D eigenvalue weighted by atomic mass is 10.2. The summed E-state index contributed by atoms with van der Waals surface area (Å²) in [6.45, 7) is 4.98. The Labute approximate surface area is 150 Å². The normalized spacial score (nSPS) is 15.4. The van der Waals surface area contributed by atoms with Gasteiger partial charge in [-0.3, -0.25) is 4.79 Å². The maximum Gasteiger partial charge on any atom is 0.273 e. The van der Waals surface area contributed by atoms with Crippen molar-refractivity contribution in [3.63, 3.8) is 0 Å². The molecular formula is C18H19N5OS. The molecule has 1 aliphatic heterocycles. The van der Waals surface area contributed by atoms with Gasteiger partial charge in [0.25, 0.3) is 5.91 Å². The summed E-state index contributed by atoms with van der Waals surface area (Å²) < 4.78 is 0. The van der Waals surface area contributed by atoms with Crippen molar-refractivity contribution in [2.24, 2.45) is 0 Å². The zero-order chi connectivity index (χ0) is 17.2. The second-order valence-corrected chi connectivity index (χ2v) is 7.16. The van der Waals surface area contributed by atoms with Crippen LogP contribution < -0.4 is 4.90 Å². The number of anilines is 1. The minimum atomic E-state index is 0.0266. The maximum absolute atomic E-state index is 12.6. The van der Waals surface area contributed by atoms with Crippen LogP contribution in [0.25, 0.3) is 10.9 Å². The lowest BCUT2D eigenvalue weighted by Gasteiger charge is -2.23. The minimum Gasteiger partial charge on any atom is -0.354 e. The summed E-state index contributed by atoms with van der Waals surface area (Å²) in [6, 6.07) is 8.04. The number of nitrogens with zero attached hydrogens (tertiary/aromatic N) is 5. The molecule has 25 heavy (non-hydrogen) atoms. The second-order valence-electron chi connectivity index (χ2n) is 6.10. The van der Waals surface area contributed by atoms with Crippen LogP contribution in [0.3, 0.4) is 0 Å². The van der Waals surface area contributed by atoms with Crippen molar-refractivity contribution in [3.8, 4) is 0 Å². The first-order valence-electron chi connectivity index (χ1n) is 8.38. The summed E-state index contributed by atoms with van der Waals surface area (Å²) in [5, 5.41) is 3.82. The molecule has 4 rings (SSSR count). The molecule has 0 spiro atoms. The van der Waals surface area contributed by atoms with Crippen LogP contribution in [0.5, 0.6) is 0 Å². The van der Waals surface area contributed by atoms with Gasteiger partial charge in [-0.25, -0.2) is 15.0 Å². The first kappa shape index (κ1) is 16.0. The Kier molecular flexibility index (Phi) is 4.31. The third-order valence-corrected chi connectivity index (χ3v) is 5.22. The van der Waals surface area contributed by atoms with E-state index >= 15 is 0 Å². The Morgan fingerprint density at radius 1 is 1.12 bits per heavy atom. The molecule has 6 nitrogen and oxygen atoms in total. The fourth-order valence-electron chi connectivity index (χ4n) is 3.20. The molecule has 0 bridgehead atoms. The lowest BCUT2D eigenvalue weighted by Crippen LogP contribution is -2.35. The van der Waals surface area contributed by atoms with E-state index in [-0.39, 0.29) is 5.91 Å². The van der Waals surface area contributed by atoms with Crippen LogP contribution in [-0.2, 0) is 0 Å². The molecule has 0 N–H and O–H groups in total. The summed E-state index contributed by atoms with van der Waals surface area (Å²) in [7, 11) is 0. The number of hydrogen-bond donors (Lipinski definition) is 0. The summed E-state index contributed by atoms with van der Waals surface area (Å²) in [6.07, 6.45) is 2.52.